The monoisotopic (exact) mass is 196 g/mol. The summed E-state index contributed by atoms with van der Waals surface area (Å²) >= 11 is 5.28. The molecule has 0 fully saturated rings. The van der Waals surface area contributed by atoms with Crippen LogP contribution >= 0.6 is 11.6 Å². The van der Waals surface area contributed by atoms with Gasteiger partial charge in [-0.15, -0.1) is 0 Å². The number of para-hydroxylation sites is 1. The van der Waals surface area contributed by atoms with E-state index in [1.165, 1.54) is 0 Å². The number of carbonyl (C=O) groups is 1. The van der Waals surface area contributed by atoms with Crippen LogP contribution < -0.4 is 4.74 Å². The summed E-state index contributed by atoms with van der Waals surface area (Å²) in [4.78, 5) is 10.6. The van der Waals surface area contributed by atoms with Crippen LogP contribution in [0.3, 0.4) is 0 Å². The summed E-state index contributed by atoms with van der Waals surface area (Å²) in [5, 5.41) is -0.335. The molecule has 3 heteroatoms. The molecule has 1 aromatic rings. The fourth-order valence-electron chi connectivity index (χ4n) is 1.55. The van der Waals surface area contributed by atoms with Gasteiger partial charge < -0.3 is 4.74 Å². The van der Waals surface area contributed by atoms with Gasteiger partial charge in [0.2, 0.25) is 5.24 Å². The molecule has 0 aromatic heterocycles. The van der Waals surface area contributed by atoms with Crippen LogP contribution in [-0.4, -0.2) is 11.3 Å². The number of halogens is 1. The van der Waals surface area contributed by atoms with Crippen LogP contribution in [0.15, 0.2) is 24.3 Å². The quantitative estimate of drug-likeness (QED) is 0.678. The molecule has 0 saturated heterocycles. The van der Waals surface area contributed by atoms with Crippen LogP contribution in [0.4, 0.5) is 0 Å². The van der Waals surface area contributed by atoms with E-state index < -0.39 is 0 Å². The lowest BCUT2D eigenvalue weighted by atomic mass is 10.1. The van der Waals surface area contributed by atoms with Gasteiger partial charge in [-0.3, -0.25) is 4.79 Å². The first-order valence-corrected chi connectivity index (χ1v) is 4.56. The van der Waals surface area contributed by atoms with Crippen molar-refractivity contribution in [2.75, 3.05) is 0 Å². The van der Waals surface area contributed by atoms with Crippen LogP contribution in [0.1, 0.15) is 12.0 Å². The number of ether oxygens (including phenoxy) is 1. The number of carbonyl (C=O) groups excluding carboxylic acids is 1. The molecular formula is C10H9ClO2. The average Bonchev–Trinajstić information content (AvgIpc) is 2.44. The Hall–Kier alpha value is -1.02. The second kappa shape index (κ2) is 3.38. The molecule has 2 rings (SSSR count). The Morgan fingerprint density at radius 2 is 2.31 bits per heavy atom. The first kappa shape index (κ1) is 8.57. The summed E-state index contributed by atoms with van der Waals surface area (Å²) < 4.78 is 5.51. The molecular weight excluding hydrogens is 188 g/mol. The Morgan fingerprint density at radius 3 is 3.00 bits per heavy atom. The van der Waals surface area contributed by atoms with Crippen molar-refractivity contribution in [3.05, 3.63) is 29.8 Å². The van der Waals surface area contributed by atoms with Crippen LogP contribution in [-0.2, 0) is 11.2 Å². The van der Waals surface area contributed by atoms with Gasteiger partial charge in [-0.2, -0.15) is 0 Å². The number of fused-ring (bicyclic) bond motifs is 1. The molecule has 0 aliphatic carbocycles. The van der Waals surface area contributed by atoms with E-state index >= 15 is 0 Å². The molecule has 0 radical (unpaired) electrons. The Kier molecular flexibility index (Phi) is 2.23. The van der Waals surface area contributed by atoms with Crippen molar-refractivity contribution in [1.29, 1.82) is 0 Å². The summed E-state index contributed by atoms with van der Waals surface area (Å²) in [7, 11) is 0. The van der Waals surface area contributed by atoms with Crippen molar-refractivity contribution in [3.8, 4) is 5.75 Å². The van der Waals surface area contributed by atoms with E-state index in [0.717, 1.165) is 17.7 Å². The van der Waals surface area contributed by atoms with Crippen LogP contribution in [0.5, 0.6) is 5.75 Å². The first-order valence-electron chi connectivity index (χ1n) is 4.18. The second-order valence-electron chi connectivity index (χ2n) is 3.11. The molecule has 13 heavy (non-hydrogen) atoms. The third-order valence-corrected chi connectivity index (χ3v) is 2.26. The predicted molar refractivity (Wildman–Crippen MR) is 50.0 cm³/mol. The molecule has 0 saturated carbocycles. The second-order valence-corrected chi connectivity index (χ2v) is 3.53. The highest BCUT2D eigenvalue weighted by atomic mass is 35.5. The average molecular weight is 197 g/mol. The zero-order valence-corrected chi connectivity index (χ0v) is 7.75. The smallest absolute Gasteiger partial charge is 0.225 e. The van der Waals surface area contributed by atoms with Crippen molar-refractivity contribution in [2.45, 2.75) is 18.9 Å². The molecule has 0 spiro atoms. The number of hydrogen-bond acceptors (Lipinski definition) is 2. The summed E-state index contributed by atoms with van der Waals surface area (Å²) in [6.45, 7) is 0. The van der Waals surface area contributed by atoms with Crippen molar-refractivity contribution in [3.63, 3.8) is 0 Å². The lowest BCUT2D eigenvalue weighted by Gasteiger charge is -2.06. The minimum absolute atomic E-state index is 0.0672. The third kappa shape index (κ3) is 1.83. The van der Waals surface area contributed by atoms with Crippen molar-refractivity contribution in [2.24, 2.45) is 0 Å². The molecule has 0 bridgehead atoms. The molecule has 68 valence electrons. The predicted octanol–water partition coefficient (Wildman–Crippen LogP) is 2.15. The number of rotatable bonds is 2. The molecule has 0 amide bonds. The van der Waals surface area contributed by atoms with E-state index in [-0.39, 0.29) is 17.8 Å². The highest BCUT2D eigenvalue weighted by Gasteiger charge is 2.23. The summed E-state index contributed by atoms with van der Waals surface area (Å²) in [6, 6.07) is 7.80. The lowest BCUT2D eigenvalue weighted by Crippen LogP contribution is -2.15. The molecule has 1 heterocycles. The van der Waals surface area contributed by atoms with E-state index in [4.69, 9.17) is 16.3 Å². The van der Waals surface area contributed by atoms with Gasteiger partial charge in [0.05, 0.1) is 6.42 Å². The number of hydrogen-bond donors (Lipinski definition) is 0. The van der Waals surface area contributed by atoms with E-state index in [9.17, 15) is 4.79 Å². The molecule has 1 aliphatic rings. The maximum atomic E-state index is 10.6. The minimum atomic E-state index is -0.335. The summed E-state index contributed by atoms with van der Waals surface area (Å²) in [5.74, 6) is 0.880. The van der Waals surface area contributed by atoms with Crippen molar-refractivity contribution < 1.29 is 9.53 Å². The Morgan fingerprint density at radius 1 is 1.54 bits per heavy atom. The highest BCUT2D eigenvalue weighted by molar-refractivity contribution is 6.63. The molecule has 1 aliphatic heterocycles. The maximum Gasteiger partial charge on any atom is 0.225 e. The number of benzene rings is 1. The minimum Gasteiger partial charge on any atom is -0.489 e. The van der Waals surface area contributed by atoms with Gasteiger partial charge in [-0.25, -0.2) is 0 Å². The Bertz CT molecular complexity index is 310. The van der Waals surface area contributed by atoms with E-state index in [1.807, 2.05) is 24.3 Å². The van der Waals surface area contributed by atoms with E-state index in [2.05, 4.69) is 0 Å². The van der Waals surface area contributed by atoms with Gasteiger partial charge in [-0.05, 0) is 23.2 Å². The maximum absolute atomic E-state index is 10.6. The fraction of sp³-hybridized carbons (Fsp3) is 0.300. The largest absolute Gasteiger partial charge is 0.489 e. The zero-order chi connectivity index (χ0) is 9.26. The topological polar surface area (TPSA) is 26.3 Å². The zero-order valence-electron chi connectivity index (χ0n) is 7.00. The fourth-order valence-corrected chi connectivity index (χ4v) is 1.72. The highest BCUT2D eigenvalue weighted by Crippen LogP contribution is 2.29. The summed E-state index contributed by atoms with van der Waals surface area (Å²) in [5.41, 5.74) is 1.16. The molecule has 0 N–H and O–H groups in total. The normalized spacial score (nSPS) is 19.3. The standard InChI is InChI=1S/C10H9ClO2/c11-10(12)6-8-5-7-3-1-2-4-9(7)13-8/h1-4,8H,5-6H2. The summed E-state index contributed by atoms with van der Waals surface area (Å²) in [6.07, 6.45) is 1.01. The SMILES string of the molecule is O=C(Cl)CC1Cc2ccccc2O1. The Balaban J connectivity index is 2.09. The third-order valence-electron chi connectivity index (χ3n) is 2.10. The molecule has 1 unspecified atom stereocenters. The van der Waals surface area contributed by atoms with Gasteiger partial charge >= 0.3 is 0 Å². The lowest BCUT2D eigenvalue weighted by molar-refractivity contribution is -0.112. The van der Waals surface area contributed by atoms with Gasteiger partial charge in [0, 0.05) is 6.42 Å². The van der Waals surface area contributed by atoms with E-state index in [0.29, 0.717) is 0 Å². The van der Waals surface area contributed by atoms with E-state index in [1.54, 1.807) is 0 Å². The van der Waals surface area contributed by atoms with Gasteiger partial charge in [0.1, 0.15) is 11.9 Å². The van der Waals surface area contributed by atoms with Gasteiger partial charge in [-0.1, -0.05) is 18.2 Å². The van der Waals surface area contributed by atoms with Crippen molar-refractivity contribution in [1.82, 2.24) is 0 Å². The van der Waals surface area contributed by atoms with Crippen molar-refractivity contribution >= 4 is 16.8 Å². The van der Waals surface area contributed by atoms with Gasteiger partial charge in [0.25, 0.3) is 0 Å². The van der Waals surface area contributed by atoms with Crippen LogP contribution in [0.2, 0.25) is 0 Å². The Labute approximate surface area is 81.5 Å². The van der Waals surface area contributed by atoms with Gasteiger partial charge in [0.15, 0.2) is 0 Å². The van der Waals surface area contributed by atoms with Crippen LogP contribution in [0, 0.1) is 0 Å². The molecule has 2 nitrogen and oxygen atoms in total. The molecule has 1 aromatic carbocycles. The molecule has 1 atom stereocenters. The van der Waals surface area contributed by atoms with Crippen LogP contribution in [0.25, 0.3) is 0 Å². The first-order chi connectivity index (χ1) is 6.25.